The molecule has 4 rings (SSSR count). The molecular weight excluding hydrogens is 335 g/mol. The van der Waals surface area contributed by atoms with E-state index in [9.17, 15) is 9.46 Å². The predicted octanol–water partition coefficient (Wildman–Crippen LogP) is 5.00. The molecule has 0 atom stereocenters. The molecule has 0 saturated carbocycles. The fourth-order valence-electron chi connectivity index (χ4n) is 3.82. The maximum atomic E-state index is 12.4. The van der Waals surface area contributed by atoms with Crippen molar-refractivity contribution in [3.05, 3.63) is 58.7 Å². The summed E-state index contributed by atoms with van der Waals surface area (Å²) in [5.74, 6) is 0.786. The highest BCUT2D eigenvalue weighted by Crippen LogP contribution is 2.45. The number of hydrogen-bond donors (Lipinski definition) is 1. The summed E-state index contributed by atoms with van der Waals surface area (Å²) in [5.41, 5.74) is 5.03. The van der Waals surface area contributed by atoms with Crippen LogP contribution in [0.15, 0.2) is 36.4 Å². The van der Waals surface area contributed by atoms with Gasteiger partial charge in [0.1, 0.15) is 11.5 Å². The molecule has 2 aliphatic carbocycles. The second-order valence-corrected chi connectivity index (χ2v) is 8.23. The van der Waals surface area contributed by atoms with Crippen LogP contribution in [-0.2, 0) is 30.2 Å². The van der Waals surface area contributed by atoms with Crippen LogP contribution < -0.4 is 9.05 Å². The van der Waals surface area contributed by atoms with Gasteiger partial charge in [0.2, 0.25) is 0 Å². The number of rotatable bonds is 4. The maximum absolute atomic E-state index is 12.4. The highest BCUT2D eigenvalue weighted by atomic mass is 31.2. The first-order valence-corrected chi connectivity index (χ1v) is 10.5. The maximum Gasteiger partial charge on any atom is 0.584 e. The normalized spacial score (nSPS) is 16.7. The zero-order chi connectivity index (χ0) is 17.3. The van der Waals surface area contributed by atoms with Gasteiger partial charge in [-0.25, -0.2) is 4.57 Å². The summed E-state index contributed by atoms with van der Waals surface area (Å²) in [6, 6.07) is 11.2. The van der Waals surface area contributed by atoms with E-state index in [-0.39, 0.29) is 0 Å². The molecule has 2 aliphatic rings. The minimum Gasteiger partial charge on any atom is -0.395 e. The van der Waals surface area contributed by atoms with Crippen molar-refractivity contribution in [3.8, 4) is 11.5 Å². The lowest BCUT2D eigenvalue weighted by atomic mass is 9.92. The highest BCUT2D eigenvalue weighted by Gasteiger charge is 2.26. The second-order valence-electron chi connectivity index (χ2n) is 6.93. The van der Waals surface area contributed by atoms with Gasteiger partial charge in [0.25, 0.3) is 0 Å². The lowest BCUT2D eigenvalue weighted by molar-refractivity contribution is 0.290. The summed E-state index contributed by atoms with van der Waals surface area (Å²) in [6.07, 6.45) is 8.83. The molecule has 0 bridgehead atoms. The molecule has 0 fully saturated rings. The van der Waals surface area contributed by atoms with Crippen molar-refractivity contribution in [2.24, 2.45) is 0 Å². The molecule has 0 saturated heterocycles. The van der Waals surface area contributed by atoms with E-state index in [2.05, 4.69) is 0 Å². The summed E-state index contributed by atoms with van der Waals surface area (Å²) in [5, 5.41) is 0. The minimum absolute atomic E-state index is 0.393. The van der Waals surface area contributed by atoms with Gasteiger partial charge in [0.05, 0.1) is 0 Å². The molecule has 0 aromatic heterocycles. The molecule has 0 radical (unpaired) electrons. The van der Waals surface area contributed by atoms with Crippen LogP contribution in [0.25, 0.3) is 0 Å². The van der Waals surface area contributed by atoms with Crippen LogP contribution in [0.1, 0.15) is 47.9 Å². The van der Waals surface area contributed by atoms with Crippen LogP contribution in [0, 0.1) is 0 Å². The first-order chi connectivity index (χ1) is 12.1. The van der Waals surface area contributed by atoms with Gasteiger partial charge in [-0.2, -0.15) is 0 Å². The Morgan fingerprint density at radius 2 is 1.08 bits per heavy atom. The van der Waals surface area contributed by atoms with Crippen molar-refractivity contribution in [2.45, 2.75) is 51.4 Å². The average Bonchev–Trinajstić information content (AvgIpc) is 2.61. The third kappa shape index (κ3) is 3.91. The quantitative estimate of drug-likeness (QED) is 0.781. The topological polar surface area (TPSA) is 55.8 Å². The first kappa shape index (κ1) is 16.7. The van der Waals surface area contributed by atoms with E-state index >= 15 is 0 Å². The van der Waals surface area contributed by atoms with Crippen molar-refractivity contribution in [1.29, 1.82) is 0 Å². The standard InChI is InChI=1S/C20H23O4P/c21-25(22,23-19-11-9-15-5-1-3-7-17(15)13-19)24-20-12-10-16-6-2-4-8-18(16)14-20/h9-14H,1-8H2,(H,21,22). The zero-order valence-corrected chi connectivity index (χ0v) is 15.1. The predicted molar refractivity (Wildman–Crippen MR) is 97.2 cm³/mol. The van der Waals surface area contributed by atoms with Crippen LogP contribution in [-0.4, -0.2) is 4.89 Å². The second kappa shape index (κ2) is 6.86. The van der Waals surface area contributed by atoms with Crippen LogP contribution in [0.5, 0.6) is 11.5 Å². The van der Waals surface area contributed by atoms with E-state index < -0.39 is 7.82 Å². The molecule has 132 valence electrons. The zero-order valence-electron chi connectivity index (χ0n) is 14.2. The largest absolute Gasteiger partial charge is 0.584 e. The lowest BCUT2D eigenvalue weighted by Crippen LogP contribution is -2.05. The number of phosphoric acid groups is 1. The molecule has 1 N–H and O–H groups in total. The average molecular weight is 358 g/mol. The van der Waals surface area contributed by atoms with E-state index in [4.69, 9.17) is 9.05 Å². The molecule has 0 aliphatic heterocycles. The summed E-state index contributed by atoms with van der Waals surface area (Å²) in [4.78, 5) is 10.1. The van der Waals surface area contributed by atoms with Gasteiger partial charge in [-0.1, -0.05) is 12.1 Å². The number of phosphoric ester groups is 1. The molecule has 25 heavy (non-hydrogen) atoms. The molecule has 4 nitrogen and oxygen atoms in total. The molecular formula is C20H23O4P. The van der Waals surface area contributed by atoms with Crippen LogP contribution >= 0.6 is 7.82 Å². The van der Waals surface area contributed by atoms with Crippen LogP contribution in [0.4, 0.5) is 0 Å². The SMILES string of the molecule is O=P(O)(Oc1ccc2c(c1)CCCC2)Oc1ccc2c(c1)CCCC2. The Morgan fingerprint density at radius 1 is 0.680 bits per heavy atom. The van der Waals surface area contributed by atoms with Crippen molar-refractivity contribution in [2.75, 3.05) is 0 Å². The van der Waals surface area contributed by atoms with E-state index in [1.807, 2.05) is 24.3 Å². The smallest absolute Gasteiger partial charge is 0.395 e. The first-order valence-electron chi connectivity index (χ1n) is 9.05. The molecule has 5 heteroatoms. The van der Waals surface area contributed by atoms with E-state index in [1.54, 1.807) is 12.1 Å². The third-order valence-electron chi connectivity index (χ3n) is 5.08. The Morgan fingerprint density at radius 3 is 1.52 bits per heavy atom. The Kier molecular flexibility index (Phi) is 4.58. The Labute approximate surface area is 148 Å². The van der Waals surface area contributed by atoms with Crippen molar-refractivity contribution < 1.29 is 18.5 Å². The monoisotopic (exact) mass is 358 g/mol. The van der Waals surface area contributed by atoms with E-state index in [1.165, 1.54) is 35.1 Å². The highest BCUT2D eigenvalue weighted by molar-refractivity contribution is 7.48. The number of hydrogen-bond acceptors (Lipinski definition) is 3. The van der Waals surface area contributed by atoms with Crippen LogP contribution in [0.2, 0.25) is 0 Å². The van der Waals surface area contributed by atoms with Gasteiger partial charge in [0, 0.05) is 0 Å². The number of fused-ring (bicyclic) bond motifs is 2. The summed E-state index contributed by atoms with van der Waals surface area (Å²) < 4.78 is 23.0. The Balaban J connectivity index is 1.49. The molecule has 0 heterocycles. The van der Waals surface area contributed by atoms with Crippen molar-refractivity contribution in [1.82, 2.24) is 0 Å². The molecule has 0 unspecified atom stereocenters. The molecule has 2 aromatic carbocycles. The number of benzene rings is 2. The summed E-state index contributed by atoms with van der Waals surface area (Å²) in [6.45, 7) is 0. The fraction of sp³-hybridized carbons (Fsp3) is 0.400. The van der Waals surface area contributed by atoms with Gasteiger partial charge in [-0.05, 0) is 97.9 Å². The van der Waals surface area contributed by atoms with E-state index in [0.29, 0.717) is 11.5 Å². The van der Waals surface area contributed by atoms with Crippen LogP contribution in [0.3, 0.4) is 0 Å². The van der Waals surface area contributed by atoms with Gasteiger partial charge in [-0.3, -0.25) is 4.89 Å². The van der Waals surface area contributed by atoms with Gasteiger partial charge < -0.3 is 9.05 Å². The minimum atomic E-state index is -4.21. The Bertz CT molecular complexity index is 765. The van der Waals surface area contributed by atoms with Gasteiger partial charge in [-0.15, -0.1) is 0 Å². The summed E-state index contributed by atoms with van der Waals surface area (Å²) >= 11 is 0. The molecule has 0 spiro atoms. The van der Waals surface area contributed by atoms with Crippen molar-refractivity contribution >= 4 is 7.82 Å². The number of aryl methyl sites for hydroxylation is 4. The van der Waals surface area contributed by atoms with Crippen molar-refractivity contribution in [3.63, 3.8) is 0 Å². The molecule has 0 amide bonds. The van der Waals surface area contributed by atoms with E-state index in [0.717, 1.165) is 38.5 Å². The summed E-state index contributed by atoms with van der Waals surface area (Å²) in [7, 11) is -4.21. The van der Waals surface area contributed by atoms with Gasteiger partial charge in [0.15, 0.2) is 0 Å². The fourth-order valence-corrected chi connectivity index (χ4v) is 4.62. The van der Waals surface area contributed by atoms with Gasteiger partial charge >= 0.3 is 7.82 Å². The Hall–Kier alpha value is -1.77. The third-order valence-corrected chi connectivity index (χ3v) is 5.96. The molecule has 2 aromatic rings. The lowest BCUT2D eigenvalue weighted by Gasteiger charge is -2.19.